The number of amides is 2. The molecule has 3 N–H and O–H groups in total. The fourth-order valence-electron chi connectivity index (χ4n) is 2.08. The SMILES string of the molecule is CCc1nc(NC(=O)c2cccc3c2O[C@@H](C)C(=O)N3)n[nH]1. The molecule has 0 aliphatic carbocycles. The van der Waals surface area contributed by atoms with E-state index in [4.69, 9.17) is 4.74 Å². The van der Waals surface area contributed by atoms with Crippen LogP contribution in [0.2, 0.25) is 0 Å². The van der Waals surface area contributed by atoms with E-state index in [1.807, 2.05) is 6.92 Å². The molecule has 2 aromatic rings. The van der Waals surface area contributed by atoms with Gasteiger partial charge in [-0.15, -0.1) is 5.10 Å². The van der Waals surface area contributed by atoms with Gasteiger partial charge in [0.1, 0.15) is 5.82 Å². The number of anilines is 2. The number of nitrogens with one attached hydrogen (secondary N) is 3. The molecule has 8 heteroatoms. The highest BCUT2D eigenvalue weighted by molar-refractivity contribution is 6.08. The minimum atomic E-state index is -0.656. The topological polar surface area (TPSA) is 109 Å². The summed E-state index contributed by atoms with van der Waals surface area (Å²) in [6.07, 6.45) is 0.0349. The molecule has 3 rings (SSSR count). The number of rotatable bonds is 3. The number of nitrogens with zero attached hydrogens (tertiary/aromatic N) is 2. The molecule has 1 aromatic heterocycles. The van der Waals surface area contributed by atoms with Crippen molar-refractivity contribution >= 4 is 23.5 Å². The first kappa shape index (κ1) is 14.1. The monoisotopic (exact) mass is 301 g/mol. The second-order valence-corrected chi connectivity index (χ2v) is 4.84. The van der Waals surface area contributed by atoms with E-state index in [1.165, 1.54) is 0 Å². The molecule has 22 heavy (non-hydrogen) atoms. The Bertz CT molecular complexity index is 740. The molecule has 0 spiro atoms. The lowest BCUT2D eigenvalue weighted by Gasteiger charge is -2.24. The lowest BCUT2D eigenvalue weighted by molar-refractivity contribution is -0.122. The molecule has 1 aliphatic heterocycles. The van der Waals surface area contributed by atoms with Gasteiger partial charge < -0.3 is 10.1 Å². The van der Waals surface area contributed by atoms with Crippen LogP contribution < -0.4 is 15.4 Å². The fraction of sp³-hybridized carbons (Fsp3) is 0.286. The highest BCUT2D eigenvalue weighted by atomic mass is 16.5. The maximum Gasteiger partial charge on any atom is 0.265 e. The van der Waals surface area contributed by atoms with Crippen molar-refractivity contribution < 1.29 is 14.3 Å². The van der Waals surface area contributed by atoms with E-state index in [0.717, 1.165) is 0 Å². The number of hydrogen-bond acceptors (Lipinski definition) is 5. The molecule has 0 bridgehead atoms. The second kappa shape index (κ2) is 5.47. The van der Waals surface area contributed by atoms with Gasteiger partial charge in [0.15, 0.2) is 11.9 Å². The number of aromatic amines is 1. The van der Waals surface area contributed by atoms with E-state index < -0.39 is 12.0 Å². The van der Waals surface area contributed by atoms with Gasteiger partial charge in [0.05, 0.1) is 11.3 Å². The third-order valence-corrected chi connectivity index (χ3v) is 3.27. The Morgan fingerprint density at radius 3 is 3.00 bits per heavy atom. The van der Waals surface area contributed by atoms with Gasteiger partial charge >= 0.3 is 0 Å². The summed E-state index contributed by atoms with van der Waals surface area (Å²) in [5.41, 5.74) is 0.784. The van der Waals surface area contributed by atoms with E-state index in [9.17, 15) is 9.59 Å². The van der Waals surface area contributed by atoms with Crippen LogP contribution in [0.5, 0.6) is 5.75 Å². The van der Waals surface area contributed by atoms with Crippen molar-refractivity contribution in [1.82, 2.24) is 15.2 Å². The van der Waals surface area contributed by atoms with Crippen molar-refractivity contribution in [1.29, 1.82) is 0 Å². The van der Waals surface area contributed by atoms with Crippen LogP contribution in [0, 0.1) is 0 Å². The minimum absolute atomic E-state index is 0.201. The summed E-state index contributed by atoms with van der Waals surface area (Å²) >= 11 is 0. The Balaban J connectivity index is 1.87. The number of hydrogen-bond donors (Lipinski definition) is 3. The van der Waals surface area contributed by atoms with Crippen molar-refractivity contribution in [2.75, 3.05) is 10.6 Å². The zero-order valence-corrected chi connectivity index (χ0v) is 12.1. The largest absolute Gasteiger partial charge is 0.478 e. The first-order valence-corrected chi connectivity index (χ1v) is 6.91. The summed E-state index contributed by atoms with van der Waals surface area (Å²) in [7, 11) is 0. The van der Waals surface area contributed by atoms with Gasteiger partial charge in [0.2, 0.25) is 5.95 Å². The first-order valence-electron chi connectivity index (χ1n) is 6.91. The van der Waals surface area contributed by atoms with Gasteiger partial charge in [0.25, 0.3) is 11.8 Å². The molecular formula is C14H15N5O3. The van der Waals surface area contributed by atoms with Gasteiger partial charge in [-0.25, -0.2) is 0 Å². The predicted molar refractivity (Wildman–Crippen MR) is 78.9 cm³/mol. The summed E-state index contributed by atoms with van der Waals surface area (Å²) in [6, 6.07) is 4.96. The molecule has 114 valence electrons. The molecule has 2 amide bonds. The second-order valence-electron chi connectivity index (χ2n) is 4.84. The highest BCUT2D eigenvalue weighted by Gasteiger charge is 2.27. The number of benzene rings is 1. The van der Waals surface area contributed by atoms with Crippen molar-refractivity contribution in [2.45, 2.75) is 26.4 Å². The fourth-order valence-corrected chi connectivity index (χ4v) is 2.08. The van der Waals surface area contributed by atoms with Gasteiger partial charge in [-0.3, -0.25) is 20.0 Å². The number of carbonyl (C=O) groups excluding carboxylic acids is 2. The standard InChI is InChI=1S/C14H15N5O3/c1-3-10-16-14(19-18-10)17-13(21)8-5-4-6-9-11(8)22-7(2)12(20)15-9/h4-7H,3H2,1-2H3,(H,15,20)(H2,16,17,18,19,21)/t7-/m0/s1. The van der Waals surface area contributed by atoms with Crippen LogP contribution >= 0.6 is 0 Å². The van der Waals surface area contributed by atoms with Crippen LogP contribution in [0.1, 0.15) is 30.0 Å². The lowest BCUT2D eigenvalue weighted by Crippen LogP contribution is -2.35. The minimum Gasteiger partial charge on any atom is -0.478 e. The van der Waals surface area contributed by atoms with E-state index in [2.05, 4.69) is 25.8 Å². The third-order valence-electron chi connectivity index (χ3n) is 3.27. The van der Waals surface area contributed by atoms with Crippen LogP contribution in [0.15, 0.2) is 18.2 Å². The van der Waals surface area contributed by atoms with Crippen LogP contribution in [0.3, 0.4) is 0 Å². The van der Waals surface area contributed by atoms with Crippen LogP contribution in [0.25, 0.3) is 0 Å². The average Bonchev–Trinajstić information content (AvgIpc) is 2.95. The van der Waals surface area contributed by atoms with Gasteiger partial charge in [-0.05, 0) is 19.1 Å². The van der Waals surface area contributed by atoms with E-state index in [-0.39, 0.29) is 11.9 Å². The van der Waals surface area contributed by atoms with Crippen molar-refractivity contribution in [3.8, 4) is 5.75 Å². The Labute approximate surface area is 126 Å². The maximum absolute atomic E-state index is 12.4. The van der Waals surface area contributed by atoms with Gasteiger partial charge in [-0.2, -0.15) is 4.98 Å². The van der Waals surface area contributed by atoms with Gasteiger partial charge in [-0.1, -0.05) is 13.0 Å². The van der Waals surface area contributed by atoms with Gasteiger partial charge in [0, 0.05) is 6.42 Å². The number of H-pyrrole nitrogens is 1. The van der Waals surface area contributed by atoms with E-state index >= 15 is 0 Å². The van der Waals surface area contributed by atoms with Crippen LogP contribution in [0.4, 0.5) is 11.6 Å². The number of carbonyl (C=O) groups is 2. The predicted octanol–water partition coefficient (Wildman–Crippen LogP) is 1.34. The average molecular weight is 301 g/mol. The number of ether oxygens (including phenoxy) is 1. The molecule has 8 nitrogen and oxygen atoms in total. The zero-order valence-electron chi connectivity index (χ0n) is 12.1. The number of fused-ring (bicyclic) bond motifs is 1. The summed E-state index contributed by atoms with van der Waals surface area (Å²) in [5, 5.41) is 11.9. The maximum atomic E-state index is 12.4. The molecule has 0 saturated carbocycles. The lowest BCUT2D eigenvalue weighted by atomic mass is 10.1. The normalized spacial score (nSPS) is 16.5. The Morgan fingerprint density at radius 1 is 1.45 bits per heavy atom. The van der Waals surface area contributed by atoms with Crippen LogP contribution in [-0.2, 0) is 11.2 Å². The van der Waals surface area contributed by atoms with Crippen molar-refractivity contribution in [3.63, 3.8) is 0 Å². The molecule has 0 unspecified atom stereocenters. The molecule has 2 heterocycles. The quantitative estimate of drug-likeness (QED) is 0.792. The molecule has 1 atom stereocenters. The first-order chi connectivity index (χ1) is 10.6. The Kier molecular flexibility index (Phi) is 3.50. The summed E-state index contributed by atoms with van der Waals surface area (Å²) in [6.45, 7) is 3.55. The number of aryl methyl sites for hydroxylation is 1. The molecule has 0 fully saturated rings. The molecular weight excluding hydrogens is 286 g/mol. The number of para-hydroxylation sites is 1. The molecule has 1 aromatic carbocycles. The van der Waals surface area contributed by atoms with E-state index in [1.54, 1.807) is 25.1 Å². The van der Waals surface area contributed by atoms with Crippen molar-refractivity contribution in [3.05, 3.63) is 29.6 Å². The molecule has 0 saturated heterocycles. The highest BCUT2D eigenvalue weighted by Crippen LogP contribution is 2.33. The third kappa shape index (κ3) is 2.50. The Morgan fingerprint density at radius 2 is 2.27 bits per heavy atom. The summed E-state index contributed by atoms with van der Waals surface area (Å²) in [4.78, 5) is 28.1. The Hall–Kier alpha value is -2.90. The van der Waals surface area contributed by atoms with Crippen LogP contribution in [-0.4, -0.2) is 33.1 Å². The van der Waals surface area contributed by atoms with Crippen molar-refractivity contribution in [2.24, 2.45) is 0 Å². The zero-order chi connectivity index (χ0) is 15.7. The molecule has 1 aliphatic rings. The summed E-state index contributed by atoms with van der Waals surface area (Å²) in [5.74, 6) is 0.585. The number of aromatic nitrogens is 3. The smallest absolute Gasteiger partial charge is 0.265 e. The molecule has 0 radical (unpaired) electrons. The van der Waals surface area contributed by atoms with E-state index in [0.29, 0.717) is 29.2 Å². The summed E-state index contributed by atoms with van der Waals surface area (Å²) < 4.78 is 5.54.